The van der Waals surface area contributed by atoms with E-state index in [2.05, 4.69) is 0 Å². The van der Waals surface area contributed by atoms with Crippen LogP contribution in [-0.2, 0) is 14.3 Å². The summed E-state index contributed by atoms with van der Waals surface area (Å²) in [6.45, 7) is 3.89. The van der Waals surface area contributed by atoms with Crippen molar-refractivity contribution in [2.45, 2.75) is 25.0 Å². The lowest BCUT2D eigenvalue weighted by Gasteiger charge is -2.25. The summed E-state index contributed by atoms with van der Waals surface area (Å²) in [5.41, 5.74) is -0.903. The van der Waals surface area contributed by atoms with E-state index < -0.39 is 23.0 Å². The molecule has 0 spiro atoms. The van der Waals surface area contributed by atoms with Crippen LogP contribution in [0.4, 0.5) is 5.69 Å². The molecular weight excluding hydrogens is 298 g/mol. The second-order valence-corrected chi connectivity index (χ2v) is 6.81. The number of rotatable bonds is 1. The average molecular weight is 313 g/mol. The minimum absolute atomic E-state index is 0.153. The lowest BCUT2D eigenvalue weighted by Crippen LogP contribution is -2.39. The minimum Gasteiger partial charge on any atom is -0.454 e. The Morgan fingerprint density at radius 1 is 1.00 bits per heavy atom. The van der Waals surface area contributed by atoms with Gasteiger partial charge < -0.3 is 14.2 Å². The van der Waals surface area contributed by atoms with Crippen LogP contribution in [0.2, 0.25) is 0 Å². The average Bonchev–Trinajstić information content (AvgIpc) is 3.19. The van der Waals surface area contributed by atoms with Gasteiger partial charge in [0, 0.05) is 6.07 Å². The van der Waals surface area contributed by atoms with Crippen molar-refractivity contribution in [2.75, 3.05) is 11.7 Å². The van der Waals surface area contributed by atoms with Gasteiger partial charge in [-0.2, -0.15) is 0 Å². The fourth-order valence-electron chi connectivity index (χ4n) is 4.31. The second kappa shape index (κ2) is 3.76. The monoisotopic (exact) mass is 313 g/mol. The SMILES string of the molecule is CC12C=CC(C)(O1)C1C(=O)N(c3ccc4c(c3)OCO4)C(=O)C12. The van der Waals surface area contributed by atoms with Gasteiger partial charge in [0.1, 0.15) is 0 Å². The molecule has 5 rings (SSSR count). The first-order chi connectivity index (χ1) is 10.9. The van der Waals surface area contributed by atoms with E-state index in [0.29, 0.717) is 17.2 Å². The molecule has 1 aromatic carbocycles. The molecule has 6 heteroatoms. The van der Waals surface area contributed by atoms with Crippen molar-refractivity contribution < 1.29 is 23.8 Å². The predicted molar refractivity (Wildman–Crippen MR) is 79.1 cm³/mol. The zero-order chi connectivity index (χ0) is 16.0. The Kier molecular flexibility index (Phi) is 2.15. The van der Waals surface area contributed by atoms with Gasteiger partial charge in [-0.3, -0.25) is 9.59 Å². The largest absolute Gasteiger partial charge is 0.454 e. The number of nitrogens with zero attached hydrogens (tertiary/aromatic N) is 1. The lowest BCUT2D eigenvalue weighted by molar-refractivity contribution is -0.128. The third kappa shape index (κ3) is 1.42. The molecule has 2 bridgehead atoms. The van der Waals surface area contributed by atoms with Crippen LogP contribution in [0, 0.1) is 11.8 Å². The summed E-state index contributed by atoms with van der Waals surface area (Å²) in [6, 6.07) is 5.12. The molecule has 1 aromatic rings. The molecule has 118 valence electrons. The van der Waals surface area contributed by atoms with Crippen molar-refractivity contribution in [3.05, 3.63) is 30.4 Å². The second-order valence-electron chi connectivity index (χ2n) is 6.81. The molecule has 6 nitrogen and oxygen atoms in total. The topological polar surface area (TPSA) is 65.1 Å². The van der Waals surface area contributed by atoms with Gasteiger partial charge in [-0.15, -0.1) is 0 Å². The number of hydrogen-bond acceptors (Lipinski definition) is 5. The summed E-state index contributed by atoms with van der Waals surface area (Å²) < 4.78 is 16.6. The first kappa shape index (κ1) is 13.1. The molecule has 2 fully saturated rings. The Hall–Kier alpha value is -2.34. The van der Waals surface area contributed by atoms with E-state index in [1.54, 1.807) is 18.2 Å². The van der Waals surface area contributed by atoms with E-state index in [1.165, 1.54) is 4.90 Å². The first-order valence-corrected chi connectivity index (χ1v) is 7.61. The maximum Gasteiger partial charge on any atom is 0.241 e. The third-order valence-corrected chi connectivity index (χ3v) is 5.34. The molecule has 23 heavy (non-hydrogen) atoms. The quantitative estimate of drug-likeness (QED) is 0.582. The number of carbonyl (C=O) groups excluding carboxylic acids is 2. The maximum atomic E-state index is 13.0. The third-order valence-electron chi connectivity index (χ3n) is 5.34. The molecule has 2 amide bonds. The van der Waals surface area contributed by atoms with E-state index in [1.807, 2.05) is 26.0 Å². The molecular formula is C17H15NO5. The molecule has 4 atom stereocenters. The molecule has 2 saturated heterocycles. The van der Waals surface area contributed by atoms with Crippen LogP contribution < -0.4 is 14.4 Å². The summed E-state index contributed by atoms with van der Waals surface area (Å²) in [5, 5.41) is 0. The summed E-state index contributed by atoms with van der Waals surface area (Å²) in [7, 11) is 0. The van der Waals surface area contributed by atoms with E-state index in [-0.39, 0.29) is 18.6 Å². The fourth-order valence-corrected chi connectivity index (χ4v) is 4.31. The van der Waals surface area contributed by atoms with Crippen LogP contribution in [0.15, 0.2) is 30.4 Å². The summed E-state index contributed by atoms with van der Waals surface area (Å²) in [5.74, 6) is -0.207. The van der Waals surface area contributed by atoms with Crippen LogP contribution in [0.1, 0.15) is 13.8 Å². The molecule has 0 N–H and O–H groups in total. The predicted octanol–water partition coefficient (Wildman–Crippen LogP) is 1.64. The molecule has 0 radical (unpaired) electrons. The molecule has 4 aliphatic rings. The van der Waals surface area contributed by atoms with Gasteiger partial charge in [0.15, 0.2) is 11.5 Å². The molecule has 0 aliphatic carbocycles. The molecule has 4 unspecified atom stereocenters. The van der Waals surface area contributed by atoms with Crippen LogP contribution in [0.25, 0.3) is 0 Å². The van der Waals surface area contributed by atoms with Crippen LogP contribution in [-0.4, -0.2) is 29.8 Å². The highest BCUT2D eigenvalue weighted by Gasteiger charge is 2.70. The van der Waals surface area contributed by atoms with E-state index in [9.17, 15) is 9.59 Å². The summed E-state index contributed by atoms with van der Waals surface area (Å²) >= 11 is 0. The number of ether oxygens (including phenoxy) is 3. The standard InChI is InChI=1S/C17H15NO5/c1-16-5-6-17(2,23-16)13-12(16)14(19)18(15(13)20)9-3-4-10-11(7-9)22-8-21-10/h3-7,12-13H,8H2,1-2H3. The van der Waals surface area contributed by atoms with Crippen LogP contribution >= 0.6 is 0 Å². The van der Waals surface area contributed by atoms with E-state index >= 15 is 0 Å². The number of amides is 2. The van der Waals surface area contributed by atoms with E-state index in [0.717, 1.165) is 0 Å². The zero-order valence-electron chi connectivity index (χ0n) is 12.7. The summed E-state index contributed by atoms with van der Waals surface area (Å²) in [6.07, 6.45) is 3.81. The number of carbonyl (C=O) groups is 2. The van der Waals surface area contributed by atoms with Crippen molar-refractivity contribution >= 4 is 17.5 Å². The number of hydrogen-bond donors (Lipinski definition) is 0. The van der Waals surface area contributed by atoms with Gasteiger partial charge in [-0.25, -0.2) is 4.90 Å². The number of imide groups is 1. The van der Waals surface area contributed by atoms with Crippen LogP contribution in [0.3, 0.4) is 0 Å². The van der Waals surface area contributed by atoms with Crippen molar-refractivity contribution in [3.63, 3.8) is 0 Å². The van der Waals surface area contributed by atoms with Gasteiger partial charge in [-0.1, -0.05) is 12.2 Å². The lowest BCUT2D eigenvalue weighted by atomic mass is 9.73. The Bertz CT molecular complexity index is 766. The highest BCUT2D eigenvalue weighted by Crippen LogP contribution is 2.57. The summed E-state index contributed by atoms with van der Waals surface area (Å²) in [4.78, 5) is 27.2. The smallest absolute Gasteiger partial charge is 0.241 e. The Balaban J connectivity index is 1.60. The normalized spacial score (nSPS) is 39.5. The van der Waals surface area contributed by atoms with Crippen molar-refractivity contribution in [1.29, 1.82) is 0 Å². The molecule has 0 saturated carbocycles. The Morgan fingerprint density at radius 3 is 2.26 bits per heavy atom. The molecule has 0 aromatic heterocycles. The minimum atomic E-state index is -0.711. The van der Waals surface area contributed by atoms with Crippen molar-refractivity contribution in [3.8, 4) is 11.5 Å². The Labute approximate surface area is 132 Å². The number of benzene rings is 1. The van der Waals surface area contributed by atoms with Gasteiger partial charge in [0.25, 0.3) is 0 Å². The number of anilines is 1. The van der Waals surface area contributed by atoms with Crippen molar-refractivity contribution in [2.24, 2.45) is 11.8 Å². The maximum absolute atomic E-state index is 13.0. The molecule has 4 aliphatic heterocycles. The van der Waals surface area contributed by atoms with Crippen molar-refractivity contribution in [1.82, 2.24) is 0 Å². The van der Waals surface area contributed by atoms with Gasteiger partial charge in [0.2, 0.25) is 18.6 Å². The molecule has 4 heterocycles. The van der Waals surface area contributed by atoms with Gasteiger partial charge in [-0.05, 0) is 26.0 Å². The van der Waals surface area contributed by atoms with Gasteiger partial charge in [0.05, 0.1) is 28.7 Å². The zero-order valence-corrected chi connectivity index (χ0v) is 12.7. The first-order valence-electron chi connectivity index (χ1n) is 7.61. The fraction of sp³-hybridized carbons (Fsp3) is 0.412. The van der Waals surface area contributed by atoms with Gasteiger partial charge >= 0.3 is 0 Å². The number of fused-ring (bicyclic) bond motifs is 6. The highest BCUT2D eigenvalue weighted by atomic mass is 16.7. The van der Waals surface area contributed by atoms with Crippen LogP contribution in [0.5, 0.6) is 11.5 Å². The Morgan fingerprint density at radius 2 is 1.61 bits per heavy atom. The highest BCUT2D eigenvalue weighted by molar-refractivity contribution is 6.23. The van der Waals surface area contributed by atoms with E-state index in [4.69, 9.17) is 14.2 Å².